The minimum atomic E-state index is -0.560. The third kappa shape index (κ3) is 2.82. The summed E-state index contributed by atoms with van der Waals surface area (Å²) < 4.78 is 5.49. The lowest BCUT2D eigenvalue weighted by molar-refractivity contribution is -0.384. The average Bonchev–Trinajstić information content (AvgIpc) is 2.41. The normalized spacial score (nSPS) is 9.85. The Kier molecular flexibility index (Phi) is 4.08. The van der Waals surface area contributed by atoms with E-state index in [0.29, 0.717) is 0 Å². The molecule has 0 bridgehead atoms. The maximum atomic E-state index is 10.6. The fourth-order valence-corrected chi connectivity index (χ4v) is 1.92. The molecule has 0 aliphatic heterocycles. The lowest BCUT2D eigenvalue weighted by Gasteiger charge is -2.09. The molecule has 0 heterocycles. The first-order valence-electron chi connectivity index (χ1n) is 5.33. The van der Waals surface area contributed by atoms with Gasteiger partial charge in [-0.1, -0.05) is 29.3 Å². The zero-order valence-electron chi connectivity index (χ0n) is 9.84. The summed E-state index contributed by atoms with van der Waals surface area (Å²) >= 11 is 11.8. The van der Waals surface area contributed by atoms with Crippen molar-refractivity contribution in [2.75, 3.05) is 0 Å². The van der Waals surface area contributed by atoms with Crippen LogP contribution in [0.3, 0.4) is 0 Å². The summed E-state index contributed by atoms with van der Waals surface area (Å²) in [5.74, 6) is 0.437. The van der Waals surface area contributed by atoms with Crippen LogP contribution < -0.4 is 4.74 Å². The summed E-state index contributed by atoms with van der Waals surface area (Å²) in [5.41, 5.74) is 0.0255. The number of rotatable bonds is 3. The van der Waals surface area contributed by atoms with E-state index >= 15 is 0 Å². The molecule has 5 nitrogen and oxygen atoms in total. The fraction of sp³-hybridized carbons (Fsp3) is 0. The molecule has 2 aromatic carbocycles. The lowest BCUT2D eigenvalue weighted by atomic mass is 10.2. The molecule has 20 heavy (non-hydrogen) atoms. The SMILES string of the molecule is N#Cc1c(Cl)cccc1Oc1ccc([N+](=O)[O-])cc1Cl. The van der Waals surface area contributed by atoms with Crippen LogP contribution in [0.5, 0.6) is 11.5 Å². The van der Waals surface area contributed by atoms with Crippen LogP contribution in [-0.2, 0) is 0 Å². The molecule has 0 spiro atoms. The number of hydrogen-bond acceptors (Lipinski definition) is 4. The first-order valence-corrected chi connectivity index (χ1v) is 6.09. The van der Waals surface area contributed by atoms with E-state index in [1.165, 1.54) is 18.2 Å². The highest BCUT2D eigenvalue weighted by Crippen LogP contribution is 2.35. The zero-order chi connectivity index (χ0) is 14.7. The van der Waals surface area contributed by atoms with Crippen LogP contribution in [0.1, 0.15) is 5.56 Å². The third-order valence-corrected chi connectivity index (χ3v) is 3.04. The van der Waals surface area contributed by atoms with Gasteiger partial charge in [0, 0.05) is 12.1 Å². The van der Waals surface area contributed by atoms with Crippen molar-refractivity contribution in [2.45, 2.75) is 0 Å². The number of benzene rings is 2. The largest absolute Gasteiger partial charge is 0.454 e. The van der Waals surface area contributed by atoms with Gasteiger partial charge in [0.05, 0.1) is 15.0 Å². The van der Waals surface area contributed by atoms with E-state index in [1.807, 2.05) is 6.07 Å². The number of halogens is 2. The summed E-state index contributed by atoms with van der Waals surface area (Å²) in [7, 11) is 0. The highest BCUT2D eigenvalue weighted by Gasteiger charge is 2.13. The Morgan fingerprint density at radius 1 is 1.15 bits per heavy atom. The molecule has 0 aliphatic rings. The van der Waals surface area contributed by atoms with Gasteiger partial charge in [-0.15, -0.1) is 0 Å². The van der Waals surface area contributed by atoms with Gasteiger partial charge < -0.3 is 4.74 Å². The predicted molar refractivity (Wildman–Crippen MR) is 74.3 cm³/mol. The molecule has 0 amide bonds. The molecule has 0 fully saturated rings. The number of nitro groups is 1. The van der Waals surface area contributed by atoms with Gasteiger partial charge in [-0.25, -0.2) is 0 Å². The molecule has 0 radical (unpaired) electrons. The predicted octanol–water partition coefficient (Wildman–Crippen LogP) is 4.57. The lowest BCUT2D eigenvalue weighted by Crippen LogP contribution is -1.92. The number of nitriles is 1. The van der Waals surface area contributed by atoms with Gasteiger partial charge in [-0.3, -0.25) is 10.1 Å². The molecule has 2 aromatic rings. The number of non-ortho nitro benzene ring substituents is 1. The summed E-state index contributed by atoms with van der Waals surface area (Å²) in [6.07, 6.45) is 0. The van der Waals surface area contributed by atoms with Gasteiger partial charge in [0.25, 0.3) is 5.69 Å². The van der Waals surface area contributed by atoms with Crippen LogP contribution in [0.4, 0.5) is 5.69 Å². The standard InChI is InChI=1S/C13H6Cl2N2O3/c14-10-2-1-3-12(9(10)7-16)20-13-5-4-8(17(18)19)6-11(13)15/h1-6H. The quantitative estimate of drug-likeness (QED) is 0.615. The van der Waals surface area contributed by atoms with E-state index in [9.17, 15) is 10.1 Å². The molecule has 100 valence electrons. The second-order valence-electron chi connectivity index (χ2n) is 3.70. The van der Waals surface area contributed by atoms with Crippen molar-refractivity contribution in [3.8, 4) is 17.6 Å². The third-order valence-electron chi connectivity index (χ3n) is 2.43. The van der Waals surface area contributed by atoms with Crippen molar-refractivity contribution in [1.82, 2.24) is 0 Å². The van der Waals surface area contributed by atoms with Crippen LogP contribution >= 0.6 is 23.2 Å². The van der Waals surface area contributed by atoms with E-state index in [4.69, 9.17) is 33.2 Å². The number of nitrogens with zero attached hydrogens (tertiary/aromatic N) is 2. The highest BCUT2D eigenvalue weighted by molar-refractivity contribution is 6.32. The van der Waals surface area contributed by atoms with Crippen molar-refractivity contribution in [1.29, 1.82) is 5.26 Å². The van der Waals surface area contributed by atoms with Crippen molar-refractivity contribution < 1.29 is 9.66 Å². The van der Waals surface area contributed by atoms with Gasteiger partial charge in [-0.05, 0) is 18.2 Å². The molecular weight excluding hydrogens is 303 g/mol. The van der Waals surface area contributed by atoms with Gasteiger partial charge in [0.2, 0.25) is 0 Å². The zero-order valence-corrected chi connectivity index (χ0v) is 11.4. The Morgan fingerprint density at radius 3 is 2.50 bits per heavy atom. The monoisotopic (exact) mass is 308 g/mol. The van der Waals surface area contributed by atoms with Gasteiger partial charge in [0.1, 0.15) is 23.1 Å². The summed E-state index contributed by atoms with van der Waals surface area (Å²) in [6, 6.07) is 10.5. The number of hydrogen-bond donors (Lipinski definition) is 0. The molecule has 0 saturated heterocycles. The van der Waals surface area contributed by atoms with Crippen LogP contribution in [0.25, 0.3) is 0 Å². The van der Waals surface area contributed by atoms with Crippen LogP contribution in [-0.4, -0.2) is 4.92 Å². The molecular formula is C13H6Cl2N2O3. The minimum absolute atomic E-state index is 0.0723. The first-order chi connectivity index (χ1) is 9.52. The average molecular weight is 309 g/mol. The van der Waals surface area contributed by atoms with Gasteiger partial charge in [0.15, 0.2) is 0 Å². The second-order valence-corrected chi connectivity index (χ2v) is 4.51. The Balaban J connectivity index is 2.39. The van der Waals surface area contributed by atoms with E-state index < -0.39 is 4.92 Å². The summed E-state index contributed by atoms with van der Waals surface area (Å²) in [6.45, 7) is 0. The van der Waals surface area contributed by atoms with Crippen LogP contribution in [0, 0.1) is 21.4 Å². The molecule has 7 heteroatoms. The fourth-order valence-electron chi connectivity index (χ4n) is 1.50. The first kappa shape index (κ1) is 14.1. The minimum Gasteiger partial charge on any atom is -0.454 e. The van der Waals surface area contributed by atoms with Crippen molar-refractivity contribution in [2.24, 2.45) is 0 Å². The Bertz CT molecular complexity index is 726. The van der Waals surface area contributed by atoms with E-state index in [1.54, 1.807) is 18.2 Å². The second kappa shape index (κ2) is 5.78. The van der Waals surface area contributed by atoms with Gasteiger partial charge in [-0.2, -0.15) is 5.26 Å². The molecule has 2 rings (SSSR count). The molecule has 0 aliphatic carbocycles. The Morgan fingerprint density at radius 2 is 1.90 bits per heavy atom. The van der Waals surface area contributed by atoms with E-state index in [0.717, 1.165) is 0 Å². The number of nitro benzene ring substituents is 1. The topological polar surface area (TPSA) is 76.2 Å². The molecule has 0 atom stereocenters. The maximum absolute atomic E-state index is 10.6. The van der Waals surface area contributed by atoms with Crippen molar-refractivity contribution >= 4 is 28.9 Å². The molecule has 0 aromatic heterocycles. The summed E-state index contributed by atoms with van der Waals surface area (Å²) in [5, 5.41) is 20.0. The Hall–Kier alpha value is -2.29. The molecule has 0 saturated carbocycles. The molecule has 0 N–H and O–H groups in total. The molecule has 0 unspecified atom stereocenters. The summed E-state index contributed by atoms with van der Waals surface area (Å²) in [4.78, 5) is 10.1. The number of ether oxygens (including phenoxy) is 1. The van der Waals surface area contributed by atoms with Crippen molar-refractivity contribution in [3.05, 3.63) is 62.1 Å². The van der Waals surface area contributed by atoms with Gasteiger partial charge >= 0.3 is 0 Å². The Labute approximate surface area is 124 Å². The highest BCUT2D eigenvalue weighted by atomic mass is 35.5. The van der Waals surface area contributed by atoms with Crippen LogP contribution in [0.15, 0.2) is 36.4 Å². The van der Waals surface area contributed by atoms with E-state index in [-0.39, 0.29) is 32.8 Å². The van der Waals surface area contributed by atoms with Crippen molar-refractivity contribution in [3.63, 3.8) is 0 Å². The van der Waals surface area contributed by atoms with E-state index in [2.05, 4.69) is 0 Å². The van der Waals surface area contributed by atoms with Crippen LogP contribution in [0.2, 0.25) is 10.0 Å². The maximum Gasteiger partial charge on any atom is 0.271 e. The smallest absolute Gasteiger partial charge is 0.271 e.